The van der Waals surface area contributed by atoms with Crippen LogP contribution in [0.5, 0.6) is 11.1 Å². The Morgan fingerprint density at radius 2 is 1.20 bits per heavy atom. The minimum absolute atomic E-state index is 0.222. The van der Waals surface area contributed by atoms with Crippen molar-refractivity contribution in [3.05, 3.63) is 86.6 Å². The molecule has 5 N–H and O–H groups in total. The number of anilines is 2. The van der Waals surface area contributed by atoms with Gasteiger partial charge < -0.3 is 40.2 Å². The average molecular weight is 1380 g/mol. The van der Waals surface area contributed by atoms with Gasteiger partial charge in [-0.2, -0.15) is 15.2 Å². The summed E-state index contributed by atoms with van der Waals surface area (Å²) in [6.45, 7) is 12.6. The summed E-state index contributed by atoms with van der Waals surface area (Å²) < 4.78 is 12.9. The molecule has 0 radical (unpaired) electrons. The van der Waals surface area contributed by atoms with E-state index in [4.69, 9.17) is 39.4 Å². The lowest BCUT2D eigenvalue weighted by Crippen LogP contribution is -2.58. The predicted octanol–water partition coefficient (Wildman–Crippen LogP) is 12.3. The van der Waals surface area contributed by atoms with E-state index in [1.54, 1.807) is 112 Å². The van der Waals surface area contributed by atoms with Crippen molar-refractivity contribution < 1.29 is 9.47 Å². The number of piperidine rings is 3. The number of benzene rings is 1. The number of aromatic nitrogens is 18. The normalized spacial score (nSPS) is 24.6. The lowest BCUT2D eigenvalue weighted by atomic mass is 9.84. The Labute approximate surface area is 570 Å². The van der Waals surface area contributed by atoms with Crippen molar-refractivity contribution in [2.24, 2.45) is 0 Å². The molecular formula is C64H69N23O2S6. The number of rotatable bonds is 13. The van der Waals surface area contributed by atoms with E-state index in [2.05, 4.69) is 142 Å². The molecule has 4 bridgehead atoms. The molecule has 5 aliphatic rings. The highest BCUT2D eigenvalue weighted by atomic mass is 32.1. The van der Waals surface area contributed by atoms with Crippen molar-refractivity contribution in [2.75, 3.05) is 37.5 Å². The second kappa shape index (κ2) is 24.6. The summed E-state index contributed by atoms with van der Waals surface area (Å²) >= 11 is 9.56. The van der Waals surface area contributed by atoms with E-state index in [-0.39, 0.29) is 28.3 Å². The van der Waals surface area contributed by atoms with Gasteiger partial charge in [-0.05, 0) is 118 Å². The number of imidazole rings is 1. The van der Waals surface area contributed by atoms with E-state index < -0.39 is 0 Å². The van der Waals surface area contributed by atoms with E-state index in [9.17, 15) is 0 Å². The van der Waals surface area contributed by atoms with Gasteiger partial charge in [0.2, 0.25) is 5.88 Å². The fourth-order valence-corrected chi connectivity index (χ4v) is 20.5. The van der Waals surface area contributed by atoms with Gasteiger partial charge in [-0.1, -0.05) is 74.1 Å². The van der Waals surface area contributed by atoms with Crippen LogP contribution in [0.1, 0.15) is 98.8 Å². The molecule has 8 atom stereocenters. The monoisotopic (exact) mass is 1380 g/mol. The molecule has 5 fully saturated rings. The highest BCUT2D eigenvalue weighted by Gasteiger charge is 2.51. The Hall–Kier alpha value is -8.01. The van der Waals surface area contributed by atoms with Gasteiger partial charge >= 0.3 is 0 Å². The molecule has 0 saturated carbocycles. The number of nitrogens with zero attached hydrogens (tertiary/aromatic N) is 18. The van der Waals surface area contributed by atoms with Crippen molar-refractivity contribution in [1.29, 1.82) is 0 Å². The predicted molar refractivity (Wildman–Crippen MR) is 378 cm³/mol. The molecule has 5 saturated heterocycles. The van der Waals surface area contributed by atoms with Crippen molar-refractivity contribution in [2.45, 2.75) is 145 Å². The maximum atomic E-state index is 6.14. The molecule has 95 heavy (non-hydrogen) atoms. The topological polar surface area (TPSA) is 291 Å². The zero-order valence-electron chi connectivity index (χ0n) is 53.5. The van der Waals surface area contributed by atoms with E-state index in [1.165, 1.54) is 43.3 Å². The Kier molecular flexibility index (Phi) is 16.0. The van der Waals surface area contributed by atoms with Crippen LogP contribution in [0.2, 0.25) is 0 Å². The molecule has 5 aliphatic heterocycles. The number of nitrogens with one attached hydrogen (secondary N) is 5. The third kappa shape index (κ3) is 12.4. The lowest BCUT2D eigenvalue weighted by Gasteiger charge is -2.45. The number of aromatic amines is 2. The molecule has 17 heterocycles. The van der Waals surface area contributed by atoms with Crippen LogP contribution in [0, 0.1) is 0 Å². The molecule has 2 unspecified atom stereocenters. The largest absolute Gasteiger partial charge is 0.481 e. The van der Waals surface area contributed by atoms with Crippen LogP contribution >= 0.6 is 68.0 Å². The molecule has 0 aliphatic carbocycles. The number of hydrogen-bond acceptors (Lipinski definition) is 28. The molecule has 0 spiro atoms. The Balaban J connectivity index is 0.000000113. The van der Waals surface area contributed by atoms with Gasteiger partial charge in [-0.3, -0.25) is 10.1 Å². The highest BCUT2D eigenvalue weighted by molar-refractivity contribution is 7.30. The quantitative estimate of drug-likeness (QED) is 0.0717. The summed E-state index contributed by atoms with van der Waals surface area (Å²) in [6, 6.07) is 9.35. The molecule has 31 heteroatoms. The Morgan fingerprint density at radius 3 is 1.77 bits per heavy atom. The maximum Gasteiger partial charge on any atom is 0.276 e. The summed E-state index contributed by atoms with van der Waals surface area (Å²) in [7, 11) is 5.96. The molecule has 1 aromatic carbocycles. The van der Waals surface area contributed by atoms with Crippen molar-refractivity contribution >= 4 is 118 Å². The first-order chi connectivity index (χ1) is 46.0. The fraction of sp³-hybridized carbons (Fsp3) is 0.422. The number of hydrogen-bond donors (Lipinski definition) is 5. The SMILES string of the molecule is CN(c1nc2sc(-c3cnc(-n4cncn4)cn3)nc2s1)C1C[C@]2(C)CC[C@](C)(C1)N2.COc1cc(-c2cnc(-c3nc4sc(N(C)C5C[C@]6(C)CC[C@](C)(C5)N6)nc4s3)cn2)ccn1.C[C@@H]1C[C@@H](Oc2nc3sc(-c4ccc(-c5cn[nH]c5)c5[nH]cnc45)nc3s2)CCN1. The minimum atomic E-state index is 0.222. The zero-order valence-corrected chi connectivity index (χ0v) is 58.4. The highest BCUT2D eigenvalue weighted by Crippen LogP contribution is 2.48. The molecule has 18 rings (SSSR count). The third-order valence-electron chi connectivity index (χ3n) is 19.1. The molecule has 0 amide bonds. The number of fused-ring (bicyclic) bond motifs is 8. The second-order valence-electron chi connectivity index (χ2n) is 26.6. The number of methoxy groups -OCH3 is 1. The zero-order chi connectivity index (χ0) is 64.8. The Bertz CT molecular complexity index is 4740. The van der Waals surface area contributed by atoms with Crippen LogP contribution in [0.3, 0.4) is 0 Å². The first-order valence-corrected chi connectivity index (χ1v) is 36.6. The fourth-order valence-electron chi connectivity index (χ4n) is 14.4. The summed E-state index contributed by atoms with van der Waals surface area (Å²) in [4.78, 5) is 73.4. The van der Waals surface area contributed by atoms with Crippen LogP contribution in [-0.4, -0.2) is 164 Å². The molecule has 12 aromatic heterocycles. The summed E-state index contributed by atoms with van der Waals surface area (Å²) in [6.07, 6.45) is 29.0. The van der Waals surface area contributed by atoms with E-state index in [0.29, 0.717) is 29.8 Å². The number of thiazole rings is 6. The van der Waals surface area contributed by atoms with Crippen molar-refractivity contribution in [1.82, 2.24) is 106 Å². The lowest BCUT2D eigenvalue weighted by molar-refractivity contribution is 0.144. The van der Waals surface area contributed by atoms with E-state index in [0.717, 1.165) is 155 Å². The summed E-state index contributed by atoms with van der Waals surface area (Å²) in [5.41, 5.74) is 9.08. The van der Waals surface area contributed by atoms with Crippen LogP contribution in [0.25, 0.3) is 100 Å². The van der Waals surface area contributed by atoms with Crippen LogP contribution in [-0.2, 0) is 0 Å². The summed E-state index contributed by atoms with van der Waals surface area (Å²) in [5.74, 6) is 1.18. The summed E-state index contributed by atoms with van der Waals surface area (Å²) in [5, 5.41) is 27.6. The Morgan fingerprint density at radius 1 is 0.611 bits per heavy atom. The third-order valence-corrected chi connectivity index (χ3v) is 25.3. The van der Waals surface area contributed by atoms with Gasteiger partial charge in [0, 0.05) is 95.1 Å². The van der Waals surface area contributed by atoms with Crippen molar-refractivity contribution in [3.63, 3.8) is 0 Å². The smallest absolute Gasteiger partial charge is 0.276 e. The van der Waals surface area contributed by atoms with E-state index >= 15 is 0 Å². The van der Waals surface area contributed by atoms with Crippen LogP contribution < -0.4 is 35.2 Å². The van der Waals surface area contributed by atoms with E-state index in [1.807, 2.05) is 24.5 Å². The van der Waals surface area contributed by atoms with Crippen LogP contribution in [0.15, 0.2) is 86.6 Å². The molecular weight excluding hydrogens is 1320 g/mol. The first-order valence-electron chi connectivity index (χ1n) is 31.7. The van der Waals surface area contributed by atoms with Gasteiger partial charge in [0.15, 0.2) is 45.1 Å². The molecule has 13 aromatic rings. The second-order valence-corrected chi connectivity index (χ2v) is 32.4. The standard InChI is InChI=1S/C24H27N7OS2.C20H23N9S2.C20H19N7OS2/c1-23-6-7-24(2,30-23)11-15(10-23)31(3)22-29-21-20(34-22)28-19(33-21)17-13-26-16(12-27-17)14-5-8-25-18(9-14)32-4;1-19-4-5-20(2,27-19)7-12(6-19)28(3)18-26-17-16(31-18)25-15(30-17)13-8-23-14(9-22-13)29-11-21-10-24-29;1-10-6-12(4-5-21-10)28-20-27-19-18(30-20)26-17(29-19)14-3-2-13(11-7-24-25-8-11)15-16(14)23-9-22-15/h5,8-9,12-13,15,30H,6-7,10-11H2,1-4H3;8-12,27H,4-7H2,1-3H3;2-3,7-10,12,21H,4-6H2,1H3,(H,22,23)(H,24,25)/t15?,23-,24+;12?,19-,20+;10-,12+/m..1/s1. The number of H-pyrrole nitrogens is 2. The van der Waals surface area contributed by atoms with Crippen molar-refractivity contribution in [3.8, 4) is 71.2 Å². The first kappa shape index (κ1) is 61.8. The number of pyridine rings is 1. The maximum absolute atomic E-state index is 6.14. The van der Waals surface area contributed by atoms with Gasteiger partial charge in [0.1, 0.15) is 45.2 Å². The van der Waals surface area contributed by atoms with Gasteiger partial charge in [-0.15, -0.1) is 0 Å². The van der Waals surface area contributed by atoms with Crippen LogP contribution in [0.4, 0.5) is 10.3 Å². The van der Waals surface area contributed by atoms with Gasteiger partial charge in [-0.25, -0.2) is 59.5 Å². The van der Waals surface area contributed by atoms with Gasteiger partial charge in [0.25, 0.3) is 5.19 Å². The molecule has 25 nitrogen and oxygen atoms in total. The average Bonchev–Trinajstić information content (AvgIpc) is 1.65. The molecule has 488 valence electrons. The van der Waals surface area contributed by atoms with Gasteiger partial charge in [0.05, 0.1) is 61.1 Å². The minimum Gasteiger partial charge on any atom is -0.481 e. The number of ether oxygens (including phenoxy) is 2.